The lowest BCUT2D eigenvalue weighted by molar-refractivity contribution is -0.683. The molecule has 130 valence electrons. The maximum atomic E-state index is 5.62. The fraction of sp³-hybridized carbons (Fsp3) is 0.471. The Morgan fingerprint density at radius 1 is 1.04 bits per heavy atom. The first kappa shape index (κ1) is 18.1. The highest BCUT2D eigenvalue weighted by Crippen LogP contribution is 2.20. The number of rotatable bonds is 9. The maximum absolute atomic E-state index is 5.62. The molecule has 7 heteroatoms. The van der Waals surface area contributed by atoms with Crippen LogP contribution < -0.4 is 20.9 Å². The van der Waals surface area contributed by atoms with Gasteiger partial charge in [0, 0.05) is 24.9 Å². The van der Waals surface area contributed by atoms with Crippen LogP contribution >= 0.6 is 0 Å². The predicted molar refractivity (Wildman–Crippen MR) is 96.9 cm³/mol. The molecule has 1 heterocycles. The molecule has 0 saturated heterocycles. The molecule has 0 bridgehead atoms. The lowest BCUT2D eigenvalue weighted by atomic mass is 10.3. The Balaban J connectivity index is 2.19. The van der Waals surface area contributed by atoms with E-state index in [1.54, 1.807) is 0 Å². The standard InChI is InChI=1S/C17H28N7/c1-22(2)16-7-5-15(6-8-16)20-21-17-23(11-3-9-18)13-14-24(17)12-4-10-19/h5-8,13-14H,3-4,9-12,18-19H2,1-2H3/q+1. The van der Waals surface area contributed by atoms with Crippen LogP contribution in [0.5, 0.6) is 0 Å². The van der Waals surface area contributed by atoms with E-state index in [0.717, 1.165) is 43.3 Å². The molecular formula is C17H28N7+. The second-order valence-corrected chi connectivity index (χ2v) is 5.88. The van der Waals surface area contributed by atoms with E-state index in [9.17, 15) is 0 Å². The first-order valence-electron chi connectivity index (χ1n) is 8.33. The van der Waals surface area contributed by atoms with Gasteiger partial charge >= 0.3 is 5.95 Å². The van der Waals surface area contributed by atoms with Crippen molar-refractivity contribution >= 4 is 17.3 Å². The summed E-state index contributed by atoms with van der Waals surface area (Å²) in [6.45, 7) is 2.98. The third-order valence-corrected chi connectivity index (χ3v) is 3.77. The second-order valence-electron chi connectivity index (χ2n) is 5.88. The average Bonchev–Trinajstić information content (AvgIpc) is 2.98. The van der Waals surface area contributed by atoms with E-state index in [4.69, 9.17) is 11.5 Å². The van der Waals surface area contributed by atoms with Crippen molar-refractivity contribution in [3.05, 3.63) is 36.7 Å². The van der Waals surface area contributed by atoms with Crippen molar-refractivity contribution in [2.75, 3.05) is 32.1 Å². The van der Waals surface area contributed by atoms with E-state index >= 15 is 0 Å². The van der Waals surface area contributed by atoms with E-state index in [-0.39, 0.29) is 0 Å². The fourth-order valence-electron chi connectivity index (χ4n) is 2.37. The molecule has 0 aliphatic heterocycles. The van der Waals surface area contributed by atoms with Crippen LogP contribution in [0.2, 0.25) is 0 Å². The number of aromatic nitrogens is 2. The second kappa shape index (κ2) is 9.14. The summed E-state index contributed by atoms with van der Waals surface area (Å²) in [6.07, 6.45) is 5.86. The molecule has 2 rings (SSSR count). The Kier molecular flexibility index (Phi) is 6.89. The molecule has 1 aromatic carbocycles. The smallest absolute Gasteiger partial charge is 0.378 e. The van der Waals surface area contributed by atoms with Crippen molar-refractivity contribution in [3.63, 3.8) is 0 Å². The third kappa shape index (κ3) is 4.87. The summed E-state index contributed by atoms with van der Waals surface area (Å²) in [6, 6.07) is 8.00. The number of anilines is 1. The molecule has 0 aliphatic rings. The first-order chi connectivity index (χ1) is 11.7. The Morgan fingerprint density at radius 2 is 1.75 bits per heavy atom. The molecule has 0 atom stereocenters. The Bertz CT molecular complexity index is 618. The van der Waals surface area contributed by atoms with Crippen LogP contribution in [0.25, 0.3) is 0 Å². The zero-order valence-electron chi connectivity index (χ0n) is 14.6. The van der Waals surface area contributed by atoms with Gasteiger partial charge in [0.2, 0.25) is 0 Å². The Hall–Kier alpha value is -2.25. The number of nitrogens with zero attached hydrogens (tertiary/aromatic N) is 5. The van der Waals surface area contributed by atoms with Gasteiger partial charge in [0.05, 0.1) is 25.5 Å². The molecular weight excluding hydrogens is 302 g/mol. The first-order valence-corrected chi connectivity index (χ1v) is 8.33. The summed E-state index contributed by atoms with van der Waals surface area (Å²) in [5.74, 6) is 0.827. The Labute approximate surface area is 143 Å². The zero-order valence-corrected chi connectivity index (χ0v) is 14.6. The van der Waals surface area contributed by atoms with Gasteiger partial charge < -0.3 is 16.4 Å². The van der Waals surface area contributed by atoms with Gasteiger partial charge in [-0.15, -0.1) is 0 Å². The number of azo groups is 1. The van der Waals surface area contributed by atoms with Gasteiger partial charge in [-0.05, 0) is 50.2 Å². The minimum Gasteiger partial charge on any atom is -0.378 e. The molecule has 0 unspecified atom stereocenters. The molecule has 2 aromatic rings. The van der Waals surface area contributed by atoms with Crippen molar-refractivity contribution in [3.8, 4) is 0 Å². The molecule has 0 radical (unpaired) electrons. The quantitative estimate of drug-likeness (QED) is 0.544. The molecule has 0 fully saturated rings. The predicted octanol–water partition coefficient (Wildman–Crippen LogP) is 1.95. The highest BCUT2D eigenvalue weighted by Gasteiger charge is 2.16. The largest absolute Gasteiger partial charge is 0.421 e. The van der Waals surface area contributed by atoms with E-state index in [1.807, 2.05) is 50.8 Å². The number of benzene rings is 1. The topological polar surface area (TPSA) is 88.8 Å². The van der Waals surface area contributed by atoms with Crippen LogP contribution in [0.3, 0.4) is 0 Å². The molecule has 1 aromatic heterocycles. The number of hydrogen-bond donors (Lipinski definition) is 2. The van der Waals surface area contributed by atoms with Crippen molar-refractivity contribution in [1.29, 1.82) is 0 Å². The Morgan fingerprint density at radius 3 is 2.38 bits per heavy atom. The van der Waals surface area contributed by atoms with Crippen molar-refractivity contribution < 1.29 is 4.57 Å². The molecule has 4 N–H and O–H groups in total. The van der Waals surface area contributed by atoms with Gasteiger partial charge in [-0.1, -0.05) is 5.11 Å². The zero-order chi connectivity index (χ0) is 17.4. The number of imidazole rings is 1. The van der Waals surface area contributed by atoms with Gasteiger partial charge in [0.15, 0.2) is 0 Å². The van der Waals surface area contributed by atoms with Gasteiger partial charge in [-0.2, -0.15) is 0 Å². The van der Waals surface area contributed by atoms with E-state index in [2.05, 4.69) is 24.3 Å². The number of nitrogens with two attached hydrogens (primary N) is 2. The molecule has 0 saturated carbocycles. The summed E-state index contributed by atoms with van der Waals surface area (Å²) in [5, 5.41) is 8.86. The van der Waals surface area contributed by atoms with E-state index in [0.29, 0.717) is 13.1 Å². The highest BCUT2D eigenvalue weighted by atomic mass is 15.3. The van der Waals surface area contributed by atoms with Crippen molar-refractivity contribution in [2.45, 2.75) is 25.9 Å². The minimum atomic E-state index is 0.656. The average molecular weight is 330 g/mol. The highest BCUT2D eigenvalue weighted by molar-refractivity contribution is 5.51. The fourth-order valence-corrected chi connectivity index (χ4v) is 2.37. The van der Waals surface area contributed by atoms with Crippen molar-refractivity contribution in [2.24, 2.45) is 21.7 Å². The van der Waals surface area contributed by atoms with Gasteiger partial charge in [-0.3, -0.25) is 0 Å². The third-order valence-electron chi connectivity index (χ3n) is 3.77. The summed E-state index contributed by atoms with van der Waals surface area (Å²) in [5.41, 5.74) is 13.2. The summed E-state index contributed by atoms with van der Waals surface area (Å²) >= 11 is 0. The summed E-state index contributed by atoms with van der Waals surface area (Å²) < 4.78 is 4.17. The van der Waals surface area contributed by atoms with Crippen LogP contribution in [-0.4, -0.2) is 31.8 Å². The molecule has 0 aliphatic carbocycles. The molecule has 7 nitrogen and oxygen atoms in total. The van der Waals surface area contributed by atoms with Gasteiger partial charge in [0.25, 0.3) is 0 Å². The summed E-state index contributed by atoms with van der Waals surface area (Å²) in [7, 11) is 4.03. The monoisotopic (exact) mass is 330 g/mol. The van der Waals surface area contributed by atoms with Gasteiger partial charge in [-0.25, -0.2) is 9.13 Å². The van der Waals surface area contributed by atoms with Crippen LogP contribution in [0.1, 0.15) is 12.8 Å². The van der Waals surface area contributed by atoms with Gasteiger partial charge in [0.1, 0.15) is 5.69 Å². The van der Waals surface area contributed by atoms with Crippen molar-refractivity contribution in [1.82, 2.24) is 4.57 Å². The summed E-state index contributed by atoms with van der Waals surface area (Å²) in [4.78, 5) is 2.06. The molecule has 24 heavy (non-hydrogen) atoms. The lowest BCUT2D eigenvalue weighted by Crippen LogP contribution is -2.33. The normalized spacial score (nSPS) is 11.3. The van der Waals surface area contributed by atoms with E-state index < -0.39 is 0 Å². The number of aryl methyl sites for hydroxylation is 2. The van der Waals surface area contributed by atoms with Crippen LogP contribution in [0, 0.1) is 0 Å². The maximum Gasteiger partial charge on any atom is 0.421 e. The van der Waals surface area contributed by atoms with Crippen LogP contribution in [0.4, 0.5) is 17.3 Å². The SMILES string of the molecule is CN(C)c1ccc(N=Nc2n(CCCN)cc[n+]2CCCN)cc1. The van der Waals surface area contributed by atoms with Crippen LogP contribution in [-0.2, 0) is 13.1 Å². The molecule has 0 amide bonds. The van der Waals surface area contributed by atoms with Crippen LogP contribution in [0.15, 0.2) is 46.9 Å². The minimum absolute atomic E-state index is 0.656. The molecule has 0 spiro atoms. The van der Waals surface area contributed by atoms with E-state index in [1.165, 1.54) is 0 Å². The lowest BCUT2D eigenvalue weighted by Gasteiger charge is -2.11. The number of hydrogen-bond acceptors (Lipinski definition) is 5.